The van der Waals surface area contributed by atoms with Crippen molar-refractivity contribution in [2.24, 2.45) is 0 Å². The van der Waals surface area contributed by atoms with Gasteiger partial charge < -0.3 is 10.6 Å². The van der Waals surface area contributed by atoms with Crippen molar-refractivity contribution in [3.8, 4) is 0 Å². The van der Waals surface area contributed by atoms with Crippen LogP contribution in [0.15, 0.2) is 48.8 Å². The van der Waals surface area contributed by atoms with Crippen LogP contribution in [0.5, 0.6) is 0 Å². The van der Waals surface area contributed by atoms with Gasteiger partial charge in [0.25, 0.3) is 5.91 Å². The molecule has 2 aromatic rings. The topological polar surface area (TPSA) is 94.6 Å². The predicted molar refractivity (Wildman–Crippen MR) is 99.6 cm³/mol. The Morgan fingerprint density at radius 3 is 2.56 bits per heavy atom. The lowest BCUT2D eigenvalue weighted by molar-refractivity contribution is -0.118. The van der Waals surface area contributed by atoms with Gasteiger partial charge in [-0.1, -0.05) is 6.07 Å². The summed E-state index contributed by atoms with van der Waals surface area (Å²) in [5, 5.41) is 5.49. The predicted octanol–water partition coefficient (Wildman–Crippen LogP) is 1.67. The first-order valence-corrected chi connectivity index (χ1v) is 8.82. The van der Waals surface area contributed by atoms with Crippen molar-refractivity contribution in [2.45, 2.75) is 18.9 Å². The van der Waals surface area contributed by atoms with Crippen LogP contribution in [0, 0.1) is 0 Å². The van der Waals surface area contributed by atoms with Gasteiger partial charge in [-0.05, 0) is 48.7 Å². The van der Waals surface area contributed by atoms with Gasteiger partial charge in [-0.15, -0.1) is 0 Å². The van der Waals surface area contributed by atoms with Crippen molar-refractivity contribution in [3.63, 3.8) is 0 Å². The highest BCUT2D eigenvalue weighted by Crippen LogP contribution is 2.27. The molecule has 1 unspecified atom stereocenters. The van der Waals surface area contributed by atoms with Crippen LogP contribution in [0.4, 0.5) is 21.0 Å². The Hall–Kier alpha value is -3.42. The van der Waals surface area contributed by atoms with Gasteiger partial charge in [0, 0.05) is 31.2 Å². The molecule has 8 heteroatoms. The monoisotopic (exact) mass is 365 g/mol. The summed E-state index contributed by atoms with van der Waals surface area (Å²) in [6.45, 7) is 1.13. The Bertz CT molecular complexity index is 886. The minimum atomic E-state index is -0.565. The minimum absolute atomic E-state index is 0.181. The van der Waals surface area contributed by atoms with Crippen molar-refractivity contribution < 1.29 is 14.4 Å². The zero-order chi connectivity index (χ0) is 18.8. The number of benzene rings is 1. The fourth-order valence-corrected chi connectivity index (χ4v) is 3.35. The number of hydrogen-bond acceptors (Lipinski definition) is 4. The first-order chi connectivity index (χ1) is 13.1. The summed E-state index contributed by atoms with van der Waals surface area (Å²) in [6, 6.07) is 9.50. The third-order valence-electron chi connectivity index (χ3n) is 4.75. The van der Waals surface area contributed by atoms with Crippen LogP contribution in [-0.4, -0.2) is 42.1 Å². The summed E-state index contributed by atoms with van der Waals surface area (Å²) >= 11 is 0. The van der Waals surface area contributed by atoms with E-state index in [4.69, 9.17) is 0 Å². The van der Waals surface area contributed by atoms with Gasteiger partial charge in [-0.25, -0.2) is 14.5 Å². The van der Waals surface area contributed by atoms with E-state index in [2.05, 4.69) is 15.6 Å². The zero-order valence-corrected chi connectivity index (χ0v) is 14.6. The van der Waals surface area contributed by atoms with Crippen LogP contribution >= 0.6 is 0 Å². The van der Waals surface area contributed by atoms with Crippen molar-refractivity contribution >= 4 is 29.3 Å². The molecular formula is C19H19N5O3. The fourth-order valence-electron chi connectivity index (χ4n) is 3.35. The number of carbonyl (C=O) groups is 3. The molecule has 0 saturated carbocycles. The maximum absolute atomic E-state index is 12.8. The number of anilines is 2. The summed E-state index contributed by atoms with van der Waals surface area (Å²) in [5.41, 5.74) is 2.18. The van der Waals surface area contributed by atoms with E-state index in [9.17, 15) is 14.4 Å². The van der Waals surface area contributed by atoms with Crippen LogP contribution in [-0.2, 0) is 11.2 Å². The quantitative estimate of drug-likeness (QED) is 0.788. The number of amides is 5. The van der Waals surface area contributed by atoms with Crippen molar-refractivity contribution in [1.29, 1.82) is 0 Å². The summed E-state index contributed by atoms with van der Waals surface area (Å²) < 4.78 is 0. The second-order valence-corrected chi connectivity index (χ2v) is 6.47. The lowest BCUT2D eigenvalue weighted by Gasteiger charge is -2.18. The zero-order valence-electron chi connectivity index (χ0n) is 14.6. The molecule has 4 rings (SSSR count). The molecule has 0 bridgehead atoms. The molecule has 138 valence electrons. The first-order valence-electron chi connectivity index (χ1n) is 8.82. The number of pyridine rings is 1. The Morgan fingerprint density at radius 1 is 1.04 bits per heavy atom. The molecule has 8 nitrogen and oxygen atoms in total. The average molecular weight is 365 g/mol. The molecule has 2 fully saturated rings. The maximum atomic E-state index is 12.8. The molecule has 2 aliphatic rings. The molecule has 2 saturated heterocycles. The number of nitrogens with zero attached hydrogens (tertiary/aromatic N) is 3. The molecule has 2 aliphatic heterocycles. The van der Waals surface area contributed by atoms with Crippen LogP contribution in [0.2, 0.25) is 0 Å². The third-order valence-corrected chi connectivity index (χ3v) is 4.75. The second kappa shape index (κ2) is 7.06. The van der Waals surface area contributed by atoms with Crippen molar-refractivity contribution in [1.82, 2.24) is 15.6 Å². The SMILES string of the molecule is O=C1NCCN1c1cccc(N2C(=O)NC(CCc3ccncc3)C2=O)c1. The number of carbonyl (C=O) groups excluding carboxylic acids is 3. The first kappa shape index (κ1) is 17.0. The molecule has 1 aromatic heterocycles. The van der Waals surface area contributed by atoms with E-state index in [1.807, 2.05) is 12.1 Å². The van der Waals surface area contributed by atoms with Gasteiger partial charge in [0.2, 0.25) is 0 Å². The summed E-state index contributed by atoms with van der Waals surface area (Å²) in [5.74, 6) is -0.280. The summed E-state index contributed by atoms with van der Waals surface area (Å²) in [7, 11) is 0. The lowest BCUT2D eigenvalue weighted by Crippen LogP contribution is -2.32. The van der Waals surface area contributed by atoms with E-state index >= 15 is 0 Å². The molecular weight excluding hydrogens is 346 g/mol. The van der Waals surface area contributed by atoms with E-state index in [0.29, 0.717) is 37.3 Å². The molecule has 0 spiro atoms. The number of aryl methyl sites for hydroxylation is 1. The number of imide groups is 1. The Kier molecular flexibility index (Phi) is 4.45. The Labute approximate surface area is 156 Å². The van der Waals surface area contributed by atoms with Gasteiger partial charge in [0.1, 0.15) is 6.04 Å². The van der Waals surface area contributed by atoms with Crippen LogP contribution in [0.3, 0.4) is 0 Å². The Morgan fingerprint density at radius 2 is 1.81 bits per heavy atom. The molecule has 1 aromatic carbocycles. The molecule has 2 N–H and O–H groups in total. The number of nitrogens with one attached hydrogen (secondary N) is 2. The smallest absolute Gasteiger partial charge is 0.329 e. The van der Waals surface area contributed by atoms with E-state index in [-0.39, 0.29) is 11.9 Å². The highest BCUT2D eigenvalue weighted by molar-refractivity contribution is 6.21. The average Bonchev–Trinajstić information content (AvgIpc) is 3.23. The molecule has 0 aliphatic carbocycles. The van der Waals surface area contributed by atoms with Crippen LogP contribution in [0.25, 0.3) is 0 Å². The van der Waals surface area contributed by atoms with Gasteiger partial charge >= 0.3 is 12.1 Å². The molecule has 27 heavy (non-hydrogen) atoms. The van der Waals surface area contributed by atoms with E-state index < -0.39 is 12.1 Å². The maximum Gasteiger partial charge on any atom is 0.329 e. The molecule has 1 atom stereocenters. The van der Waals surface area contributed by atoms with Gasteiger partial charge in [0.15, 0.2) is 0 Å². The van der Waals surface area contributed by atoms with Gasteiger partial charge in [-0.2, -0.15) is 0 Å². The third kappa shape index (κ3) is 3.33. The lowest BCUT2D eigenvalue weighted by atomic mass is 10.1. The number of rotatable bonds is 5. The van der Waals surface area contributed by atoms with Crippen LogP contribution < -0.4 is 20.4 Å². The van der Waals surface area contributed by atoms with E-state index in [0.717, 1.165) is 10.5 Å². The second-order valence-electron chi connectivity index (χ2n) is 6.47. The molecule has 5 amide bonds. The minimum Gasteiger partial charge on any atom is -0.336 e. The number of urea groups is 2. The fraction of sp³-hybridized carbons (Fsp3) is 0.263. The highest BCUT2D eigenvalue weighted by Gasteiger charge is 2.39. The van der Waals surface area contributed by atoms with Gasteiger partial charge in [-0.3, -0.25) is 14.7 Å². The van der Waals surface area contributed by atoms with Gasteiger partial charge in [0.05, 0.1) is 5.69 Å². The normalized spacial score (nSPS) is 19.4. The van der Waals surface area contributed by atoms with E-state index in [1.165, 1.54) is 0 Å². The largest absolute Gasteiger partial charge is 0.336 e. The summed E-state index contributed by atoms with van der Waals surface area (Å²) in [4.78, 5) is 43.7. The van der Waals surface area contributed by atoms with Crippen LogP contribution in [0.1, 0.15) is 12.0 Å². The van der Waals surface area contributed by atoms with Crippen molar-refractivity contribution in [3.05, 3.63) is 54.4 Å². The van der Waals surface area contributed by atoms with Crippen molar-refractivity contribution in [2.75, 3.05) is 22.9 Å². The molecule has 0 radical (unpaired) electrons. The standard InChI is InChI=1S/C19H19N5O3/c25-17-16(5-4-13-6-8-20-9-7-13)22-19(27)24(17)15-3-1-2-14(12-15)23-11-10-21-18(23)26/h1-3,6-9,12,16H,4-5,10-11H2,(H,21,26)(H,22,27). The number of aromatic nitrogens is 1. The molecule has 3 heterocycles. The highest BCUT2D eigenvalue weighted by atomic mass is 16.2. The number of hydrogen-bond donors (Lipinski definition) is 2. The van der Waals surface area contributed by atoms with E-state index in [1.54, 1.807) is 41.6 Å². The Balaban J connectivity index is 1.49. The summed E-state index contributed by atoms with van der Waals surface area (Å²) in [6.07, 6.45) is 4.59.